The molecule has 0 aliphatic carbocycles. The highest BCUT2D eigenvalue weighted by Crippen LogP contribution is 2.18. The Kier molecular flexibility index (Phi) is 5.19. The zero-order valence-corrected chi connectivity index (χ0v) is 13.4. The summed E-state index contributed by atoms with van der Waals surface area (Å²) in [6.07, 6.45) is 1.24. The van der Waals surface area contributed by atoms with Gasteiger partial charge in [-0.05, 0) is 64.0 Å². The van der Waals surface area contributed by atoms with Crippen LogP contribution in [0.4, 0.5) is 0 Å². The number of nitrogens with zero attached hydrogens (tertiary/aromatic N) is 2. The molecule has 0 amide bonds. The molecule has 0 bridgehead atoms. The average molecular weight is 275 g/mol. The van der Waals surface area contributed by atoms with Crippen molar-refractivity contribution in [1.29, 1.82) is 0 Å². The van der Waals surface area contributed by atoms with E-state index >= 15 is 0 Å². The predicted molar refractivity (Wildman–Crippen MR) is 86.0 cm³/mol. The predicted octanol–water partition coefficient (Wildman–Crippen LogP) is 2.33. The SMILES string of the molecule is Cc1ccc(C(N)CN2CCCN(C)CC2C)cc1C. The van der Waals surface area contributed by atoms with Crippen molar-refractivity contribution < 1.29 is 0 Å². The molecule has 0 aromatic heterocycles. The van der Waals surface area contributed by atoms with Crippen LogP contribution in [0.5, 0.6) is 0 Å². The summed E-state index contributed by atoms with van der Waals surface area (Å²) >= 11 is 0. The van der Waals surface area contributed by atoms with E-state index < -0.39 is 0 Å². The third-order valence-corrected chi connectivity index (χ3v) is 4.57. The topological polar surface area (TPSA) is 32.5 Å². The highest BCUT2D eigenvalue weighted by molar-refractivity contribution is 5.31. The van der Waals surface area contributed by atoms with Gasteiger partial charge in [0.15, 0.2) is 0 Å². The summed E-state index contributed by atoms with van der Waals surface area (Å²) in [7, 11) is 2.21. The molecule has 2 N–H and O–H groups in total. The van der Waals surface area contributed by atoms with E-state index in [0.717, 1.165) is 19.6 Å². The van der Waals surface area contributed by atoms with Gasteiger partial charge in [-0.1, -0.05) is 18.2 Å². The standard InChI is InChI=1S/C17H29N3/c1-13-6-7-16(10-14(13)2)17(18)12-20-9-5-8-19(4)11-15(20)3/h6-7,10,15,17H,5,8-9,11-12,18H2,1-4H3. The van der Waals surface area contributed by atoms with Crippen molar-refractivity contribution in [3.63, 3.8) is 0 Å². The number of rotatable bonds is 3. The molecule has 1 fully saturated rings. The van der Waals surface area contributed by atoms with Crippen LogP contribution in [-0.2, 0) is 0 Å². The minimum Gasteiger partial charge on any atom is -0.323 e. The third-order valence-electron chi connectivity index (χ3n) is 4.57. The maximum Gasteiger partial charge on any atom is 0.0424 e. The molecular weight excluding hydrogens is 246 g/mol. The minimum atomic E-state index is 0.111. The Morgan fingerprint density at radius 2 is 2.00 bits per heavy atom. The molecule has 0 saturated carbocycles. The lowest BCUT2D eigenvalue weighted by Gasteiger charge is -2.30. The Bertz CT molecular complexity index is 444. The van der Waals surface area contributed by atoms with Gasteiger partial charge >= 0.3 is 0 Å². The Balaban J connectivity index is 2.02. The van der Waals surface area contributed by atoms with Crippen molar-refractivity contribution in [3.05, 3.63) is 34.9 Å². The van der Waals surface area contributed by atoms with Gasteiger partial charge in [0, 0.05) is 25.2 Å². The molecule has 1 aliphatic rings. The molecule has 0 spiro atoms. The molecule has 2 unspecified atom stereocenters. The van der Waals surface area contributed by atoms with E-state index in [-0.39, 0.29) is 6.04 Å². The lowest BCUT2D eigenvalue weighted by molar-refractivity contribution is 0.192. The highest BCUT2D eigenvalue weighted by atomic mass is 15.2. The number of aryl methyl sites for hydroxylation is 2. The monoisotopic (exact) mass is 275 g/mol. The molecule has 1 saturated heterocycles. The van der Waals surface area contributed by atoms with Gasteiger partial charge < -0.3 is 10.6 Å². The normalized spacial score (nSPS) is 23.6. The molecule has 2 atom stereocenters. The van der Waals surface area contributed by atoms with Crippen molar-refractivity contribution in [2.45, 2.75) is 39.3 Å². The molecule has 1 aliphatic heterocycles. The van der Waals surface area contributed by atoms with Crippen LogP contribution in [0.15, 0.2) is 18.2 Å². The molecule has 1 aromatic rings. The van der Waals surface area contributed by atoms with Crippen molar-refractivity contribution >= 4 is 0 Å². The molecular formula is C17H29N3. The van der Waals surface area contributed by atoms with Crippen LogP contribution in [0.2, 0.25) is 0 Å². The fourth-order valence-corrected chi connectivity index (χ4v) is 3.05. The fraction of sp³-hybridized carbons (Fsp3) is 0.647. The van der Waals surface area contributed by atoms with Gasteiger partial charge in [0.2, 0.25) is 0 Å². The quantitative estimate of drug-likeness (QED) is 0.919. The summed E-state index contributed by atoms with van der Waals surface area (Å²) in [6, 6.07) is 7.31. The molecule has 1 aromatic carbocycles. The molecule has 0 radical (unpaired) electrons. The zero-order chi connectivity index (χ0) is 14.7. The Morgan fingerprint density at radius 1 is 1.25 bits per heavy atom. The van der Waals surface area contributed by atoms with Crippen LogP contribution in [0.3, 0.4) is 0 Å². The van der Waals surface area contributed by atoms with Crippen molar-refractivity contribution in [2.75, 3.05) is 33.2 Å². The van der Waals surface area contributed by atoms with Gasteiger partial charge in [0.1, 0.15) is 0 Å². The number of benzene rings is 1. The van der Waals surface area contributed by atoms with Gasteiger partial charge in [-0.2, -0.15) is 0 Å². The first-order valence-electron chi connectivity index (χ1n) is 7.72. The average Bonchev–Trinajstić information content (AvgIpc) is 2.54. The van der Waals surface area contributed by atoms with Gasteiger partial charge in [-0.25, -0.2) is 0 Å². The third kappa shape index (κ3) is 3.81. The van der Waals surface area contributed by atoms with Crippen molar-refractivity contribution in [2.24, 2.45) is 5.73 Å². The second kappa shape index (κ2) is 6.70. The molecule has 3 nitrogen and oxygen atoms in total. The van der Waals surface area contributed by atoms with Gasteiger partial charge in [-0.3, -0.25) is 4.90 Å². The Labute approximate surface area is 123 Å². The number of hydrogen-bond acceptors (Lipinski definition) is 3. The van der Waals surface area contributed by atoms with Crippen LogP contribution in [0.25, 0.3) is 0 Å². The maximum atomic E-state index is 6.44. The lowest BCUT2D eigenvalue weighted by Crippen LogP contribution is -2.41. The molecule has 112 valence electrons. The first kappa shape index (κ1) is 15.5. The fourth-order valence-electron chi connectivity index (χ4n) is 3.05. The van der Waals surface area contributed by atoms with Crippen LogP contribution < -0.4 is 5.73 Å². The van der Waals surface area contributed by atoms with Crippen molar-refractivity contribution in [1.82, 2.24) is 9.80 Å². The summed E-state index contributed by atoms with van der Waals surface area (Å²) in [4.78, 5) is 4.97. The van der Waals surface area contributed by atoms with Gasteiger partial charge in [-0.15, -0.1) is 0 Å². The second-order valence-corrected chi connectivity index (χ2v) is 6.41. The summed E-state index contributed by atoms with van der Waals surface area (Å²) in [5, 5.41) is 0. The second-order valence-electron chi connectivity index (χ2n) is 6.41. The van der Waals surface area contributed by atoms with E-state index in [1.165, 1.54) is 29.7 Å². The van der Waals surface area contributed by atoms with Gasteiger partial charge in [0.05, 0.1) is 0 Å². The maximum absolute atomic E-state index is 6.44. The van der Waals surface area contributed by atoms with Gasteiger partial charge in [0.25, 0.3) is 0 Å². The van der Waals surface area contributed by atoms with Crippen LogP contribution in [0.1, 0.15) is 36.1 Å². The van der Waals surface area contributed by atoms with Crippen LogP contribution >= 0.6 is 0 Å². The Morgan fingerprint density at radius 3 is 2.70 bits per heavy atom. The summed E-state index contributed by atoms with van der Waals surface area (Å²) < 4.78 is 0. The number of likely N-dealkylation sites (N-methyl/N-ethyl adjacent to an activating group) is 1. The molecule has 20 heavy (non-hydrogen) atoms. The van der Waals surface area contributed by atoms with E-state index in [1.807, 2.05) is 0 Å². The van der Waals surface area contributed by atoms with E-state index in [0.29, 0.717) is 6.04 Å². The lowest BCUT2D eigenvalue weighted by atomic mass is 10.0. The van der Waals surface area contributed by atoms with E-state index in [4.69, 9.17) is 5.73 Å². The first-order chi connectivity index (χ1) is 9.47. The zero-order valence-electron chi connectivity index (χ0n) is 13.4. The number of nitrogens with two attached hydrogens (primary N) is 1. The first-order valence-corrected chi connectivity index (χ1v) is 7.72. The largest absolute Gasteiger partial charge is 0.323 e. The molecule has 2 rings (SSSR count). The van der Waals surface area contributed by atoms with Crippen LogP contribution in [0, 0.1) is 13.8 Å². The van der Waals surface area contributed by atoms with E-state index in [1.54, 1.807) is 0 Å². The minimum absolute atomic E-state index is 0.111. The number of hydrogen-bond donors (Lipinski definition) is 1. The van der Waals surface area contributed by atoms with E-state index in [2.05, 4.69) is 55.8 Å². The molecule has 3 heteroatoms. The van der Waals surface area contributed by atoms with Crippen LogP contribution in [-0.4, -0.2) is 49.1 Å². The summed E-state index contributed by atoms with van der Waals surface area (Å²) in [5.41, 5.74) is 10.4. The van der Waals surface area contributed by atoms with Crippen molar-refractivity contribution in [3.8, 4) is 0 Å². The highest BCUT2D eigenvalue weighted by Gasteiger charge is 2.21. The Hall–Kier alpha value is -0.900. The summed E-state index contributed by atoms with van der Waals surface area (Å²) in [6.45, 7) is 11.1. The summed E-state index contributed by atoms with van der Waals surface area (Å²) in [5.74, 6) is 0. The molecule has 1 heterocycles. The van der Waals surface area contributed by atoms with E-state index in [9.17, 15) is 0 Å². The smallest absolute Gasteiger partial charge is 0.0424 e.